The van der Waals surface area contributed by atoms with E-state index in [9.17, 15) is 14.4 Å². The second kappa shape index (κ2) is 10.1. The van der Waals surface area contributed by atoms with Crippen LogP contribution in [0.4, 0.5) is 0 Å². The van der Waals surface area contributed by atoms with Crippen molar-refractivity contribution >= 4 is 40.7 Å². The van der Waals surface area contributed by atoms with Crippen molar-refractivity contribution < 1.29 is 19.1 Å². The normalized spacial score (nSPS) is 10.5. The molecule has 0 unspecified atom stereocenters. The number of carbonyl (C=O) groups excluding carboxylic acids is 3. The molecule has 0 aliphatic heterocycles. The highest BCUT2D eigenvalue weighted by Gasteiger charge is 2.20. The Bertz CT molecular complexity index is 1270. The minimum Gasteiger partial charge on any atom is -0.451 e. The van der Waals surface area contributed by atoms with Gasteiger partial charge in [-0.25, -0.2) is 9.48 Å². The van der Waals surface area contributed by atoms with Crippen LogP contribution < -0.4 is 10.9 Å². The highest BCUT2D eigenvalue weighted by Crippen LogP contribution is 2.26. The van der Waals surface area contributed by atoms with Crippen LogP contribution in [0.3, 0.4) is 0 Å². The first-order valence-corrected chi connectivity index (χ1v) is 11.0. The average Bonchev–Trinajstić information content (AvgIpc) is 3.52. The third-order valence-corrected chi connectivity index (χ3v) is 5.59. The first-order valence-electron chi connectivity index (χ1n) is 9.72. The maximum Gasteiger partial charge on any atom is 0.357 e. The van der Waals surface area contributed by atoms with Gasteiger partial charge < -0.3 is 4.74 Å². The maximum atomic E-state index is 12.8. The molecule has 4 rings (SSSR count). The third-order valence-electron chi connectivity index (χ3n) is 4.45. The summed E-state index contributed by atoms with van der Waals surface area (Å²) in [6.45, 7) is -0.589. The smallest absolute Gasteiger partial charge is 0.357 e. The molecule has 33 heavy (non-hydrogen) atoms. The Morgan fingerprint density at radius 1 is 0.970 bits per heavy atom. The fourth-order valence-corrected chi connectivity index (χ4v) is 3.69. The van der Waals surface area contributed by atoms with Crippen LogP contribution in [-0.2, 0) is 9.53 Å². The zero-order chi connectivity index (χ0) is 23.2. The summed E-state index contributed by atoms with van der Waals surface area (Å²) in [5, 5.41) is 6.93. The lowest BCUT2D eigenvalue weighted by Crippen LogP contribution is -2.43. The van der Waals surface area contributed by atoms with Crippen molar-refractivity contribution in [2.75, 3.05) is 6.61 Å². The zero-order valence-electron chi connectivity index (χ0n) is 17.0. The van der Waals surface area contributed by atoms with E-state index in [-0.39, 0.29) is 5.69 Å². The minimum absolute atomic E-state index is 0.169. The van der Waals surface area contributed by atoms with Gasteiger partial charge in [0.15, 0.2) is 12.3 Å². The lowest BCUT2D eigenvalue weighted by Gasteiger charge is -2.09. The maximum absolute atomic E-state index is 12.8. The highest BCUT2D eigenvalue weighted by atomic mass is 35.5. The summed E-state index contributed by atoms with van der Waals surface area (Å²) in [4.78, 5) is 37.8. The molecule has 0 bridgehead atoms. The molecular formula is C23H17ClN4O4S. The molecule has 166 valence electrons. The van der Waals surface area contributed by atoms with Gasteiger partial charge in [-0.05, 0) is 47.8 Å². The molecule has 2 amide bonds. The van der Waals surface area contributed by atoms with Crippen LogP contribution in [0.2, 0.25) is 5.02 Å². The SMILES string of the molecule is O=C(COC(=O)c1cc(-c2cccs2)nn1-c1ccccc1)NNC(=O)c1ccc(Cl)cc1. The van der Waals surface area contributed by atoms with Crippen molar-refractivity contribution in [2.24, 2.45) is 0 Å². The molecule has 0 atom stereocenters. The molecule has 2 heterocycles. The molecule has 0 fully saturated rings. The fraction of sp³-hybridized carbons (Fsp3) is 0.0435. The van der Waals surface area contributed by atoms with Crippen LogP contribution in [0.1, 0.15) is 20.8 Å². The van der Waals surface area contributed by atoms with Crippen LogP contribution in [0, 0.1) is 0 Å². The van der Waals surface area contributed by atoms with E-state index in [1.165, 1.54) is 28.2 Å². The van der Waals surface area contributed by atoms with Gasteiger partial charge in [0.05, 0.1) is 10.6 Å². The lowest BCUT2D eigenvalue weighted by atomic mass is 10.2. The van der Waals surface area contributed by atoms with Crippen LogP contribution in [-0.4, -0.2) is 34.2 Å². The molecule has 0 saturated heterocycles. The predicted molar refractivity (Wildman–Crippen MR) is 124 cm³/mol. The largest absolute Gasteiger partial charge is 0.451 e. The van der Waals surface area contributed by atoms with E-state index >= 15 is 0 Å². The number of para-hydroxylation sites is 1. The van der Waals surface area contributed by atoms with Crippen molar-refractivity contribution in [3.63, 3.8) is 0 Å². The van der Waals surface area contributed by atoms with Crippen LogP contribution in [0.25, 0.3) is 16.3 Å². The predicted octanol–water partition coefficient (Wildman–Crippen LogP) is 3.87. The summed E-state index contributed by atoms with van der Waals surface area (Å²) in [5.74, 6) is -1.96. The Kier molecular flexibility index (Phi) is 6.82. The van der Waals surface area contributed by atoms with Gasteiger partial charge in [-0.2, -0.15) is 5.10 Å². The summed E-state index contributed by atoms with van der Waals surface area (Å²) in [6.07, 6.45) is 0. The van der Waals surface area contributed by atoms with E-state index in [0.717, 1.165) is 4.88 Å². The standard InChI is InChI=1S/C23H17ClN4O4S/c24-16-10-8-15(9-11-16)22(30)26-25-21(29)14-32-23(31)19-13-18(20-7-4-12-33-20)27-28(19)17-5-2-1-3-6-17/h1-13H,14H2,(H,25,29)(H,26,30). The molecule has 2 aromatic carbocycles. The Balaban J connectivity index is 1.41. The summed E-state index contributed by atoms with van der Waals surface area (Å²) >= 11 is 7.28. The van der Waals surface area contributed by atoms with E-state index in [0.29, 0.717) is 22.0 Å². The van der Waals surface area contributed by atoms with E-state index in [2.05, 4.69) is 16.0 Å². The van der Waals surface area contributed by atoms with E-state index in [1.54, 1.807) is 30.3 Å². The molecule has 2 aromatic heterocycles. The number of esters is 1. The number of carbonyl (C=O) groups is 3. The van der Waals surface area contributed by atoms with Crippen molar-refractivity contribution in [1.82, 2.24) is 20.6 Å². The van der Waals surface area contributed by atoms with E-state index < -0.39 is 24.4 Å². The quantitative estimate of drug-likeness (QED) is 0.322. The second-order valence-corrected chi connectivity index (χ2v) is 8.11. The Hall–Kier alpha value is -3.95. The third kappa shape index (κ3) is 5.46. The number of thiophene rings is 1. The average molecular weight is 481 g/mol. The molecular weight excluding hydrogens is 464 g/mol. The molecule has 4 aromatic rings. The van der Waals surface area contributed by atoms with Crippen molar-refractivity contribution in [3.05, 3.63) is 94.5 Å². The number of halogens is 1. The molecule has 0 spiro atoms. The van der Waals surface area contributed by atoms with Gasteiger partial charge in [-0.3, -0.25) is 20.4 Å². The van der Waals surface area contributed by atoms with Gasteiger partial charge in [0.25, 0.3) is 11.8 Å². The van der Waals surface area contributed by atoms with Gasteiger partial charge in [0.2, 0.25) is 0 Å². The van der Waals surface area contributed by atoms with Gasteiger partial charge in [0.1, 0.15) is 5.69 Å². The van der Waals surface area contributed by atoms with Gasteiger partial charge in [-0.15, -0.1) is 11.3 Å². The molecule has 10 heteroatoms. The molecule has 0 aliphatic carbocycles. The van der Waals surface area contributed by atoms with E-state index in [1.807, 2.05) is 35.7 Å². The van der Waals surface area contributed by atoms with Crippen molar-refractivity contribution in [2.45, 2.75) is 0 Å². The molecule has 2 N–H and O–H groups in total. The van der Waals surface area contributed by atoms with Crippen molar-refractivity contribution in [1.29, 1.82) is 0 Å². The number of hydrogen-bond acceptors (Lipinski definition) is 6. The first kappa shape index (κ1) is 22.3. The zero-order valence-corrected chi connectivity index (χ0v) is 18.6. The number of hydrazine groups is 1. The number of hydrogen-bond donors (Lipinski definition) is 2. The van der Waals surface area contributed by atoms with Crippen molar-refractivity contribution in [3.8, 4) is 16.3 Å². The number of benzene rings is 2. The molecule has 0 saturated carbocycles. The van der Waals surface area contributed by atoms with Gasteiger partial charge in [-0.1, -0.05) is 35.9 Å². The Labute approximate surface area is 197 Å². The van der Waals surface area contributed by atoms with Gasteiger partial charge >= 0.3 is 5.97 Å². The second-order valence-electron chi connectivity index (χ2n) is 6.72. The molecule has 0 aliphatic rings. The molecule has 0 radical (unpaired) electrons. The lowest BCUT2D eigenvalue weighted by molar-refractivity contribution is -0.125. The Morgan fingerprint density at radius 3 is 2.42 bits per heavy atom. The minimum atomic E-state index is -0.728. The van der Waals surface area contributed by atoms with Gasteiger partial charge in [0, 0.05) is 16.7 Å². The summed E-state index contributed by atoms with van der Waals surface area (Å²) in [6, 6.07) is 20.7. The summed E-state index contributed by atoms with van der Waals surface area (Å²) in [7, 11) is 0. The van der Waals surface area contributed by atoms with Crippen LogP contribution in [0.5, 0.6) is 0 Å². The highest BCUT2D eigenvalue weighted by molar-refractivity contribution is 7.13. The number of nitrogens with zero attached hydrogens (tertiary/aromatic N) is 2. The number of rotatable bonds is 6. The monoisotopic (exact) mass is 480 g/mol. The van der Waals surface area contributed by atoms with Crippen LogP contribution in [0.15, 0.2) is 78.2 Å². The van der Waals surface area contributed by atoms with Crippen LogP contribution >= 0.6 is 22.9 Å². The number of aromatic nitrogens is 2. The Morgan fingerprint density at radius 2 is 1.73 bits per heavy atom. The first-order chi connectivity index (χ1) is 16.0. The topological polar surface area (TPSA) is 102 Å². The molecule has 8 nitrogen and oxygen atoms in total. The fourth-order valence-electron chi connectivity index (χ4n) is 2.88. The summed E-state index contributed by atoms with van der Waals surface area (Å²) < 4.78 is 6.63. The summed E-state index contributed by atoms with van der Waals surface area (Å²) in [5.41, 5.74) is 6.22. The number of nitrogens with one attached hydrogen (secondary N) is 2. The van der Waals surface area contributed by atoms with E-state index in [4.69, 9.17) is 16.3 Å². The number of amides is 2. The number of ether oxygens (including phenoxy) is 1.